The van der Waals surface area contributed by atoms with Crippen LogP contribution >= 0.6 is 23.2 Å². The average molecular weight is 312 g/mol. The van der Waals surface area contributed by atoms with E-state index in [2.05, 4.69) is 0 Å². The predicted octanol–water partition coefficient (Wildman–Crippen LogP) is 4.86. The molecule has 19 heavy (non-hydrogen) atoms. The Hall–Kier alpha value is -0.610. The van der Waals surface area contributed by atoms with Crippen molar-refractivity contribution in [1.29, 1.82) is 0 Å². The van der Waals surface area contributed by atoms with E-state index in [1.165, 1.54) is 0 Å². The highest BCUT2D eigenvalue weighted by atomic mass is 35.5. The first-order valence-electron chi connectivity index (χ1n) is 6.08. The number of alkyl halides is 4. The van der Waals surface area contributed by atoms with Gasteiger partial charge in [-0.2, -0.15) is 13.2 Å². The van der Waals surface area contributed by atoms with Crippen molar-refractivity contribution < 1.29 is 13.2 Å². The Bertz CT molecular complexity index is 440. The molecule has 1 aliphatic rings. The van der Waals surface area contributed by atoms with E-state index in [4.69, 9.17) is 23.2 Å². The van der Waals surface area contributed by atoms with Gasteiger partial charge in [-0.1, -0.05) is 11.6 Å². The second-order valence-electron chi connectivity index (χ2n) is 4.71. The number of benzene rings is 1. The van der Waals surface area contributed by atoms with E-state index in [0.717, 1.165) is 11.3 Å². The summed E-state index contributed by atoms with van der Waals surface area (Å²) < 4.78 is 37.8. The van der Waals surface area contributed by atoms with Gasteiger partial charge in [0.25, 0.3) is 0 Å². The van der Waals surface area contributed by atoms with Crippen LogP contribution < -0.4 is 4.90 Å². The van der Waals surface area contributed by atoms with Gasteiger partial charge in [-0.25, -0.2) is 0 Å². The summed E-state index contributed by atoms with van der Waals surface area (Å²) in [5, 5.41) is 0.588. The Morgan fingerprint density at radius 3 is 2.37 bits per heavy atom. The van der Waals surface area contributed by atoms with Gasteiger partial charge < -0.3 is 4.90 Å². The van der Waals surface area contributed by atoms with Crippen molar-refractivity contribution >= 4 is 28.9 Å². The molecule has 0 N–H and O–H groups in total. The van der Waals surface area contributed by atoms with Crippen molar-refractivity contribution in [3.8, 4) is 0 Å². The molecule has 1 aromatic carbocycles. The van der Waals surface area contributed by atoms with E-state index < -0.39 is 12.1 Å². The lowest BCUT2D eigenvalue weighted by Gasteiger charge is -2.35. The van der Waals surface area contributed by atoms with Crippen molar-refractivity contribution in [3.05, 3.63) is 28.8 Å². The van der Waals surface area contributed by atoms with Crippen molar-refractivity contribution in [2.75, 3.05) is 18.0 Å². The fourth-order valence-electron chi connectivity index (χ4n) is 2.42. The van der Waals surface area contributed by atoms with Crippen LogP contribution in [0.15, 0.2) is 18.2 Å². The molecule has 1 heterocycles. The minimum absolute atomic E-state index is 0.133. The second kappa shape index (κ2) is 5.80. The quantitative estimate of drug-likeness (QED) is 0.705. The molecule has 1 fully saturated rings. The lowest BCUT2D eigenvalue weighted by molar-refractivity contribution is -0.179. The summed E-state index contributed by atoms with van der Waals surface area (Å²) in [5.74, 6) is -0.884. The lowest BCUT2D eigenvalue weighted by atomic mass is 9.95. The summed E-state index contributed by atoms with van der Waals surface area (Å²) in [4.78, 5) is 1.95. The third-order valence-corrected chi connectivity index (χ3v) is 4.01. The van der Waals surface area contributed by atoms with Crippen LogP contribution in [0.5, 0.6) is 0 Å². The highest BCUT2D eigenvalue weighted by Gasteiger charge is 2.41. The SMILES string of the molecule is FC(F)(F)C1CCN(c2ccc(Cl)cc2CCl)CC1. The monoisotopic (exact) mass is 311 g/mol. The summed E-state index contributed by atoms with van der Waals surface area (Å²) in [5.41, 5.74) is 1.75. The van der Waals surface area contributed by atoms with Crippen LogP contribution in [-0.4, -0.2) is 19.3 Å². The Kier molecular flexibility index (Phi) is 4.51. The van der Waals surface area contributed by atoms with Gasteiger partial charge in [-0.15, -0.1) is 11.6 Å². The topological polar surface area (TPSA) is 3.24 Å². The van der Waals surface area contributed by atoms with Gasteiger partial charge in [0.2, 0.25) is 0 Å². The van der Waals surface area contributed by atoms with Crippen LogP contribution in [0.25, 0.3) is 0 Å². The third-order valence-electron chi connectivity index (χ3n) is 3.48. The summed E-state index contributed by atoms with van der Waals surface area (Å²) in [6.45, 7) is 0.797. The Morgan fingerprint density at radius 2 is 1.84 bits per heavy atom. The Morgan fingerprint density at radius 1 is 1.21 bits per heavy atom. The Balaban J connectivity index is 2.10. The molecule has 0 aromatic heterocycles. The molecule has 0 atom stereocenters. The van der Waals surface area contributed by atoms with Crippen LogP contribution in [0.3, 0.4) is 0 Å². The van der Waals surface area contributed by atoms with Gasteiger partial charge in [-0.3, -0.25) is 0 Å². The fraction of sp³-hybridized carbons (Fsp3) is 0.538. The van der Waals surface area contributed by atoms with E-state index in [-0.39, 0.29) is 12.8 Å². The molecule has 0 unspecified atom stereocenters. The van der Waals surface area contributed by atoms with E-state index in [0.29, 0.717) is 24.0 Å². The lowest BCUT2D eigenvalue weighted by Crippen LogP contribution is -2.39. The first-order chi connectivity index (χ1) is 8.91. The zero-order chi connectivity index (χ0) is 14.0. The largest absolute Gasteiger partial charge is 0.391 e. The summed E-state index contributed by atoms with van der Waals surface area (Å²) in [6.07, 6.45) is -3.82. The van der Waals surface area contributed by atoms with Crippen LogP contribution in [-0.2, 0) is 5.88 Å². The zero-order valence-corrected chi connectivity index (χ0v) is 11.7. The van der Waals surface area contributed by atoms with Crippen molar-refractivity contribution in [3.63, 3.8) is 0 Å². The number of hydrogen-bond acceptors (Lipinski definition) is 1. The standard InChI is InChI=1S/C13H14Cl2F3N/c14-8-9-7-11(15)1-2-12(9)19-5-3-10(4-6-19)13(16,17)18/h1-2,7,10H,3-6,8H2. The maximum Gasteiger partial charge on any atom is 0.391 e. The number of rotatable bonds is 2. The first kappa shape index (κ1) is 14.8. The highest BCUT2D eigenvalue weighted by molar-refractivity contribution is 6.30. The van der Waals surface area contributed by atoms with Gasteiger partial charge >= 0.3 is 6.18 Å². The minimum Gasteiger partial charge on any atom is -0.371 e. The molecule has 0 amide bonds. The minimum atomic E-state index is -4.08. The third kappa shape index (κ3) is 3.48. The number of halogens is 5. The fourth-order valence-corrected chi connectivity index (χ4v) is 2.83. The molecule has 1 aromatic rings. The molecular formula is C13H14Cl2F3N. The average Bonchev–Trinajstić information content (AvgIpc) is 2.37. The molecule has 0 bridgehead atoms. The molecule has 0 aliphatic carbocycles. The molecule has 106 valence electrons. The van der Waals surface area contributed by atoms with E-state index in [9.17, 15) is 13.2 Å². The van der Waals surface area contributed by atoms with Gasteiger partial charge in [0, 0.05) is 29.7 Å². The van der Waals surface area contributed by atoms with Gasteiger partial charge in [-0.05, 0) is 36.6 Å². The number of piperidine rings is 1. The van der Waals surface area contributed by atoms with Gasteiger partial charge in [0.1, 0.15) is 0 Å². The molecule has 0 spiro atoms. The maximum atomic E-state index is 12.6. The van der Waals surface area contributed by atoms with E-state index in [1.807, 2.05) is 11.0 Å². The normalized spacial score (nSPS) is 17.8. The second-order valence-corrected chi connectivity index (χ2v) is 5.41. The molecular weight excluding hydrogens is 298 g/mol. The van der Waals surface area contributed by atoms with Crippen molar-refractivity contribution in [1.82, 2.24) is 0 Å². The summed E-state index contributed by atoms with van der Waals surface area (Å²) in [6, 6.07) is 5.33. The van der Waals surface area contributed by atoms with E-state index >= 15 is 0 Å². The van der Waals surface area contributed by atoms with Gasteiger partial charge in [0.05, 0.1) is 5.92 Å². The predicted molar refractivity (Wildman–Crippen MR) is 72.0 cm³/mol. The number of anilines is 1. The van der Waals surface area contributed by atoms with Crippen molar-refractivity contribution in [2.45, 2.75) is 24.9 Å². The van der Waals surface area contributed by atoms with Crippen LogP contribution in [0.2, 0.25) is 5.02 Å². The highest BCUT2D eigenvalue weighted by Crippen LogP contribution is 2.36. The molecule has 6 heteroatoms. The van der Waals surface area contributed by atoms with Crippen molar-refractivity contribution in [2.24, 2.45) is 5.92 Å². The zero-order valence-electron chi connectivity index (χ0n) is 10.2. The maximum absolute atomic E-state index is 12.6. The number of nitrogens with zero attached hydrogens (tertiary/aromatic N) is 1. The summed E-state index contributed by atoms with van der Waals surface area (Å²) >= 11 is 11.8. The molecule has 1 saturated heterocycles. The molecule has 1 nitrogen and oxygen atoms in total. The summed E-state index contributed by atoms with van der Waals surface area (Å²) in [7, 11) is 0. The smallest absolute Gasteiger partial charge is 0.371 e. The molecule has 2 rings (SSSR count). The molecule has 0 saturated carbocycles. The van der Waals surface area contributed by atoms with Gasteiger partial charge in [0.15, 0.2) is 0 Å². The Labute approximate surface area is 120 Å². The van der Waals surface area contributed by atoms with Crippen LogP contribution in [0.4, 0.5) is 18.9 Å². The number of hydrogen-bond donors (Lipinski definition) is 0. The molecule has 0 radical (unpaired) electrons. The van der Waals surface area contributed by atoms with Crippen LogP contribution in [0.1, 0.15) is 18.4 Å². The molecule has 1 aliphatic heterocycles. The first-order valence-corrected chi connectivity index (χ1v) is 6.99. The van der Waals surface area contributed by atoms with Crippen LogP contribution in [0, 0.1) is 5.92 Å². The van der Waals surface area contributed by atoms with E-state index in [1.54, 1.807) is 12.1 Å².